The standard InChI is InChI=1S/C66H121NO18/c1-3-5-7-9-11-13-15-17-19-21-22-23-24-25-26-27-28-29-31-33-35-37-39-41-43-50(71)49(67-54(72)44-42-40-38-36-34-32-30-20-18-16-14-12-10-8-6-4-2)48-80-64-60(78)57(75)62(52(46-69)82-64)85-66-61(79)58(76)63(53(47-70)83-66)84-65-59(77)56(74)55(73)51(45-68)81-65/h20,30,33,35,41,43,49-53,55-66,68-71,73-79H,3-19,21-29,31-32,34,36-40,42,44-48H2,1-2H3,(H,67,72)/b30-20-,35-33+,43-41+. The Hall–Kier alpha value is -1.99. The van der Waals surface area contributed by atoms with E-state index in [-0.39, 0.29) is 18.9 Å². The maximum absolute atomic E-state index is 13.4. The molecule has 0 aromatic heterocycles. The van der Waals surface area contributed by atoms with Crippen LogP contribution in [0.5, 0.6) is 0 Å². The van der Waals surface area contributed by atoms with Gasteiger partial charge in [-0.05, 0) is 57.8 Å². The summed E-state index contributed by atoms with van der Waals surface area (Å²) in [6.45, 7) is 1.72. The summed E-state index contributed by atoms with van der Waals surface area (Å²) in [5, 5.41) is 120. The number of rotatable bonds is 51. The van der Waals surface area contributed by atoms with Crippen LogP contribution in [0.25, 0.3) is 0 Å². The Morgan fingerprint density at radius 2 is 0.753 bits per heavy atom. The van der Waals surface area contributed by atoms with Crippen LogP contribution < -0.4 is 5.32 Å². The van der Waals surface area contributed by atoms with Gasteiger partial charge in [0.15, 0.2) is 18.9 Å². The number of carbonyl (C=O) groups excluding carboxylic acids is 1. The highest BCUT2D eigenvalue weighted by molar-refractivity contribution is 5.76. The van der Waals surface area contributed by atoms with E-state index in [1.54, 1.807) is 6.08 Å². The van der Waals surface area contributed by atoms with Gasteiger partial charge in [-0.25, -0.2) is 0 Å². The quantitative estimate of drug-likeness (QED) is 0.0202. The second-order valence-electron chi connectivity index (χ2n) is 24.3. The Labute approximate surface area is 511 Å². The van der Waals surface area contributed by atoms with Crippen LogP contribution in [0.4, 0.5) is 0 Å². The third kappa shape index (κ3) is 31.5. The van der Waals surface area contributed by atoms with Gasteiger partial charge in [0.1, 0.15) is 73.2 Å². The maximum Gasteiger partial charge on any atom is 0.220 e. The van der Waals surface area contributed by atoms with E-state index in [0.717, 1.165) is 57.8 Å². The number of unbranched alkanes of at least 4 members (excludes halogenated alkanes) is 31. The zero-order chi connectivity index (χ0) is 61.9. The lowest BCUT2D eigenvalue weighted by atomic mass is 9.96. The van der Waals surface area contributed by atoms with Crippen molar-refractivity contribution in [3.63, 3.8) is 0 Å². The van der Waals surface area contributed by atoms with E-state index in [9.17, 15) is 61.0 Å². The number of hydrogen-bond acceptors (Lipinski definition) is 18. The zero-order valence-electron chi connectivity index (χ0n) is 52.3. The van der Waals surface area contributed by atoms with E-state index in [1.807, 2.05) is 6.08 Å². The van der Waals surface area contributed by atoms with Crippen molar-refractivity contribution in [2.75, 3.05) is 26.4 Å². The Morgan fingerprint density at radius 3 is 1.18 bits per heavy atom. The lowest BCUT2D eigenvalue weighted by molar-refractivity contribution is -0.379. The average Bonchev–Trinajstić information content (AvgIpc) is 3.49. The molecule has 0 spiro atoms. The van der Waals surface area contributed by atoms with Crippen LogP contribution in [0.2, 0.25) is 0 Å². The molecule has 19 nitrogen and oxygen atoms in total. The molecule has 3 rings (SSSR count). The minimum atomic E-state index is -1.98. The molecule has 0 aliphatic carbocycles. The molecule has 3 heterocycles. The Balaban J connectivity index is 1.47. The fraction of sp³-hybridized carbons (Fsp3) is 0.894. The molecule has 1 amide bonds. The summed E-state index contributed by atoms with van der Waals surface area (Å²) in [4.78, 5) is 13.4. The van der Waals surface area contributed by atoms with Gasteiger partial charge in [-0.1, -0.05) is 217 Å². The normalized spacial score (nSPS) is 29.2. The summed E-state index contributed by atoms with van der Waals surface area (Å²) in [7, 11) is 0. The molecular formula is C66H121NO18. The Morgan fingerprint density at radius 1 is 0.412 bits per heavy atom. The van der Waals surface area contributed by atoms with E-state index in [4.69, 9.17) is 28.4 Å². The van der Waals surface area contributed by atoms with E-state index < -0.39 is 124 Å². The van der Waals surface area contributed by atoms with Crippen molar-refractivity contribution in [1.29, 1.82) is 0 Å². The number of ether oxygens (including phenoxy) is 6. The molecule has 0 aromatic rings. The molecule has 0 saturated carbocycles. The lowest BCUT2D eigenvalue weighted by Gasteiger charge is -2.48. The summed E-state index contributed by atoms with van der Waals surface area (Å²) in [5.74, 6) is -0.293. The summed E-state index contributed by atoms with van der Waals surface area (Å²) >= 11 is 0. The monoisotopic (exact) mass is 1220 g/mol. The second kappa shape index (κ2) is 48.8. The number of hydrogen-bond donors (Lipinski definition) is 12. The number of aliphatic hydroxyl groups is 11. The minimum Gasteiger partial charge on any atom is -0.394 e. The van der Waals surface area contributed by atoms with Crippen LogP contribution in [0.3, 0.4) is 0 Å². The third-order valence-electron chi connectivity index (χ3n) is 16.9. The first-order valence-corrected chi connectivity index (χ1v) is 33.7. The van der Waals surface area contributed by atoms with Gasteiger partial charge in [0.25, 0.3) is 0 Å². The Kier molecular flexibility index (Phi) is 44.4. The highest BCUT2D eigenvalue weighted by Crippen LogP contribution is 2.33. The van der Waals surface area contributed by atoms with Crippen molar-refractivity contribution < 1.29 is 89.4 Å². The predicted molar refractivity (Wildman–Crippen MR) is 328 cm³/mol. The fourth-order valence-electron chi connectivity index (χ4n) is 11.4. The number of carbonyl (C=O) groups is 1. The van der Waals surface area contributed by atoms with Gasteiger partial charge in [-0.3, -0.25) is 4.79 Å². The molecule has 12 N–H and O–H groups in total. The van der Waals surface area contributed by atoms with Crippen LogP contribution in [0.15, 0.2) is 36.5 Å². The van der Waals surface area contributed by atoms with Crippen LogP contribution in [0, 0.1) is 0 Å². The number of allylic oxidation sites excluding steroid dienone is 5. The van der Waals surface area contributed by atoms with Gasteiger partial charge in [-0.15, -0.1) is 0 Å². The average molecular weight is 1220 g/mol. The van der Waals surface area contributed by atoms with E-state index in [1.165, 1.54) is 154 Å². The molecule has 0 aromatic carbocycles. The molecule has 3 aliphatic heterocycles. The van der Waals surface area contributed by atoms with Crippen molar-refractivity contribution in [3.8, 4) is 0 Å². The molecule has 3 aliphatic rings. The molecular weight excluding hydrogens is 1090 g/mol. The summed E-state index contributed by atoms with van der Waals surface area (Å²) in [5.41, 5.74) is 0. The molecule has 3 saturated heterocycles. The zero-order valence-corrected chi connectivity index (χ0v) is 52.3. The fourth-order valence-corrected chi connectivity index (χ4v) is 11.4. The van der Waals surface area contributed by atoms with Gasteiger partial charge in [0, 0.05) is 6.42 Å². The van der Waals surface area contributed by atoms with Crippen molar-refractivity contribution in [2.24, 2.45) is 0 Å². The maximum atomic E-state index is 13.4. The van der Waals surface area contributed by atoms with Crippen molar-refractivity contribution in [2.45, 2.75) is 349 Å². The van der Waals surface area contributed by atoms with Crippen molar-refractivity contribution >= 4 is 5.91 Å². The van der Waals surface area contributed by atoms with Crippen LogP contribution in [-0.4, -0.2) is 193 Å². The van der Waals surface area contributed by atoms with Gasteiger partial charge >= 0.3 is 0 Å². The molecule has 498 valence electrons. The van der Waals surface area contributed by atoms with Gasteiger partial charge in [0.05, 0.1) is 38.6 Å². The Bertz CT molecular complexity index is 1690. The largest absolute Gasteiger partial charge is 0.394 e. The second-order valence-corrected chi connectivity index (χ2v) is 24.3. The van der Waals surface area contributed by atoms with Gasteiger partial charge < -0.3 is 89.9 Å². The van der Waals surface area contributed by atoms with Crippen LogP contribution in [-0.2, 0) is 33.2 Å². The molecule has 85 heavy (non-hydrogen) atoms. The topological polar surface area (TPSA) is 307 Å². The van der Waals surface area contributed by atoms with Gasteiger partial charge in [0.2, 0.25) is 5.91 Å². The number of aliphatic hydroxyl groups excluding tert-OH is 11. The first-order chi connectivity index (χ1) is 41.3. The first kappa shape index (κ1) is 77.3. The SMILES string of the molecule is CCCCCCCCC/C=C\CCCCCCCC(=O)NC(COC1OC(CO)C(OC2OC(CO)C(OC3OC(CO)C(O)C(O)C3O)C(O)C2O)C(O)C1O)C(O)/C=C/CC/C=C/CCCCCCCCCCCCCCCCCCCC. The molecule has 3 fully saturated rings. The number of nitrogens with one attached hydrogen (secondary N) is 1. The van der Waals surface area contributed by atoms with Crippen LogP contribution in [0.1, 0.15) is 245 Å². The highest BCUT2D eigenvalue weighted by Gasteiger charge is 2.53. The molecule has 0 radical (unpaired) electrons. The summed E-state index contributed by atoms with van der Waals surface area (Å²) in [6, 6.07) is -0.994. The highest BCUT2D eigenvalue weighted by atomic mass is 16.8. The lowest BCUT2D eigenvalue weighted by Crippen LogP contribution is -2.66. The van der Waals surface area contributed by atoms with Crippen LogP contribution >= 0.6 is 0 Å². The minimum absolute atomic E-state index is 0.226. The van der Waals surface area contributed by atoms with E-state index in [2.05, 4.69) is 43.5 Å². The summed E-state index contributed by atoms with van der Waals surface area (Å²) in [6.07, 6.45) is 28.4. The third-order valence-corrected chi connectivity index (χ3v) is 16.9. The first-order valence-electron chi connectivity index (χ1n) is 33.7. The molecule has 17 unspecified atom stereocenters. The van der Waals surface area contributed by atoms with E-state index >= 15 is 0 Å². The molecule has 0 bridgehead atoms. The van der Waals surface area contributed by atoms with Crippen molar-refractivity contribution in [1.82, 2.24) is 5.32 Å². The number of amides is 1. The smallest absolute Gasteiger partial charge is 0.220 e. The van der Waals surface area contributed by atoms with Crippen molar-refractivity contribution in [3.05, 3.63) is 36.5 Å². The van der Waals surface area contributed by atoms with E-state index in [0.29, 0.717) is 12.8 Å². The molecule has 17 atom stereocenters. The summed E-state index contributed by atoms with van der Waals surface area (Å²) < 4.78 is 34.3. The van der Waals surface area contributed by atoms with Gasteiger partial charge in [-0.2, -0.15) is 0 Å². The molecule has 19 heteroatoms. The predicted octanol–water partition coefficient (Wildman–Crippen LogP) is 8.05.